The first-order chi connectivity index (χ1) is 13.1. The summed E-state index contributed by atoms with van der Waals surface area (Å²) in [5.41, 5.74) is 1.48. The summed E-state index contributed by atoms with van der Waals surface area (Å²) in [5.74, 6) is 0.186. The predicted octanol–water partition coefficient (Wildman–Crippen LogP) is 3.05. The number of hydrogen-bond donors (Lipinski definition) is 1. The third-order valence-electron chi connectivity index (χ3n) is 4.84. The van der Waals surface area contributed by atoms with E-state index >= 15 is 0 Å². The molecule has 0 spiro atoms. The molecule has 1 fully saturated rings. The van der Waals surface area contributed by atoms with Gasteiger partial charge < -0.3 is 10.2 Å². The zero-order valence-corrected chi connectivity index (χ0v) is 15.4. The number of carbonyl (C=O) groups excluding carboxylic acids is 1. The van der Waals surface area contributed by atoms with Crippen LogP contribution in [0.4, 0.5) is 10.3 Å². The molecular formula is C19H19ClFN5O. The van der Waals surface area contributed by atoms with E-state index in [0.29, 0.717) is 17.1 Å². The molecule has 4 rings (SSSR count). The number of nitrogens with one attached hydrogen (secondary N) is 1. The van der Waals surface area contributed by atoms with E-state index in [-0.39, 0.29) is 18.4 Å². The van der Waals surface area contributed by atoms with Crippen LogP contribution in [0.2, 0.25) is 5.02 Å². The van der Waals surface area contributed by atoms with Gasteiger partial charge in [-0.25, -0.2) is 4.39 Å². The van der Waals surface area contributed by atoms with Gasteiger partial charge >= 0.3 is 0 Å². The Bertz CT molecular complexity index is 976. The first-order valence-electron chi connectivity index (χ1n) is 8.88. The van der Waals surface area contributed by atoms with Crippen LogP contribution in [0.5, 0.6) is 0 Å². The molecule has 0 radical (unpaired) electrons. The number of fused-ring (bicyclic) bond motifs is 1. The van der Waals surface area contributed by atoms with E-state index in [0.717, 1.165) is 31.0 Å². The van der Waals surface area contributed by atoms with E-state index in [1.807, 2.05) is 28.8 Å². The SMILES string of the molecule is O=C(NCc1ccc(F)cc1Cl)[C@@H]1CCCN(c2nnc3ccccn23)C1. The zero-order valence-electron chi connectivity index (χ0n) is 14.6. The Kier molecular flexibility index (Phi) is 4.94. The smallest absolute Gasteiger partial charge is 0.231 e. The van der Waals surface area contributed by atoms with Gasteiger partial charge in [0.2, 0.25) is 11.9 Å². The summed E-state index contributed by atoms with van der Waals surface area (Å²) in [6, 6.07) is 9.93. The lowest BCUT2D eigenvalue weighted by molar-refractivity contribution is -0.125. The van der Waals surface area contributed by atoms with E-state index in [1.54, 1.807) is 6.07 Å². The fraction of sp³-hybridized carbons (Fsp3) is 0.316. The normalized spacial score (nSPS) is 17.3. The standard InChI is InChI=1S/C19H19ClFN5O/c20-16-10-15(21)7-6-13(16)11-22-18(27)14-4-3-8-25(12-14)19-24-23-17-5-1-2-9-26(17)19/h1-2,5-7,9-10,14H,3-4,8,11-12H2,(H,22,27)/t14-/m1/s1. The third kappa shape index (κ3) is 3.73. The van der Waals surface area contributed by atoms with Crippen molar-refractivity contribution in [1.29, 1.82) is 0 Å². The van der Waals surface area contributed by atoms with Crippen LogP contribution in [-0.4, -0.2) is 33.6 Å². The monoisotopic (exact) mass is 387 g/mol. The van der Waals surface area contributed by atoms with Crippen molar-refractivity contribution in [3.05, 3.63) is 59.0 Å². The summed E-state index contributed by atoms with van der Waals surface area (Å²) in [4.78, 5) is 14.7. The van der Waals surface area contributed by atoms with Crippen molar-refractivity contribution in [3.8, 4) is 0 Å². The van der Waals surface area contributed by atoms with Gasteiger partial charge in [-0.05, 0) is 42.7 Å². The maximum absolute atomic E-state index is 13.1. The second kappa shape index (κ2) is 7.52. The molecule has 1 N–H and O–H groups in total. The summed E-state index contributed by atoms with van der Waals surface area (Å²) in [7, 11) is 0. The van der Waals surface area contributed by atoms with Gasteiger partial charge in [-0.3, -0.25) is 9.20 Å². The minimum Gasteiger partial charge on any atom is -0.352 e. The van der Waals surface area contributed by atoms with Gasteiger partial charge in [-0.1, -0.05) is 23.7 Å². The van der Waals surface area contributed by atoms with Crippen molar-refractivity contribution < 1.29 is 9.18 Å². The van der Waals surface area contributed by atoms with Crippen molar-refractivity contribution in [2.75, 3.05) is 18.0 Å². The third-order valence-corrected chi connectivity index (χ3v) is 5.19. The predicted molar refractivity (Wildman–Crippen MR) is 101 cm³/mol. The molecule has 0 unspecified atom stereocenters. The lowest BCUT2D eigenvalue weighted by Crippen LogP contribution is -2.43. The molecular weight excluding hydrogens is 369 g/mol. The minimum absolute atomic E-state index is 0.0334. The molecule has 6 nitrogen and oxygen atoms in total. The van der Waals surface area contributed by atoms with Crippen molar-refractivity contribution in [1.82, 2.24) is 19.9 Å². The van der Waals surface area contributed by atoms with Crippen molar-refractivity contribution in [3.63, 3.8) is 0 Å². The van der Waals surface area contributed by atoms with Gasteiger partial charge in [-0.2, -0.15) is 0 Å². The van der Waals surface area contributed by atoms with Crippen LogP contribution >= 0.6 is 11.6 Å². The van der Waals surface area contributed by atoms with Crippen LogP contribution in [0.15, 0.2) is 42.6 Å². The molecule has 0 aliphatic carbocycles. The van der Waals surface area contributed by atoms with Crippen LogP contribution in [0.3, 0.4) is 0 Å². The van der Waals surface area contributed by atoms with Crippen LogP contribution in [0.1, 0.15) is 18.4 Å². The number of rotatable bonds is 4. The Morgan fingerprint density at radius 2 is 2.19 bits per heavy atom. The molecule has 2 aromatic heterocycles. The zero-order chi connectivity index (χ0) is 18.8. The van der Waals surface area contributed by atoms with E-state index in [2.05, 4.69) is 20.4 Å². The molecule has 1 amide bonds. The highest BCUT2D eigenvalue weighted by molar-refractivity contribution is 6.31. The second-order valence-electron chi connectivity index (χ2n) is 6.67. The summed E-state index contributed by atoms with van der Waals surface area (Å²) < 4.78 is 15.1. The van der Waals surface area contributed by atoms with Gasteiger partial charge in [0.25, 0.3) is 0 Å². The molecule has 140 valence electrons. The molecule has 1 atom stereocenters. The lowest BCUT2D eigenvalue weighted by Gasteiger charge is -2.32. The van der Waals surface area contributed by atoms with Crippen molar-refractivity contribution >= 4 is 29.1 Å². The molecule has 1 aliphatic rings. The number of anilines is 1. The number of piperidine rings is 1. The Morgan fingerprint density at radius 1 is 1.30 bits per heavy atom. The molecule has 27 heavy (non-hydrogen) atoms. The number of benzene rings is 1. The van der Waals surface area contributed by atoms with Crippen molar-refractivity contribution in [2.24, 2.45) is 5.92 Å². The van der Waals surface area contributed by atoms with Crippen LogP contribution in [0.25, 0.3) is 5.65 Å². The number of nitrogens with zero attached hydrogens (tertiary/aromatic N) is 4. The quantitative estimate of drug-likeness (QED) is 0.747. The summed E-state index contributed by atoms with van der Waals surface area (Å²) in [6.45, 7) is 1.70. The van der Waals surface area contributed by atoms with E-state index in [1.165, 1.54) is 12.1 Å². The highest BCUT2D eigenvalue weighted by atomic mass is 35.5. The average Bonchev–Trinajstić information content (AvgIpc) is 3.11. The van der Waals surface area contributed by atoms with E-state index in [9.17, 15) is 9.18 Å². The average molecular weight is 388 g/mol. The number of carbonyl (C=O) groups is 1. The Morgan fingerprint density at radius 3 is 3.04 bits per heavy atom. The summed E-state index contributed by atoms with van der Waals surface area (Å²) in [6.07, 6.45) is 3.64. The first kappa shape index (κ1) is 17.7. The maximum Gasteiger partial charge on any atom is 0.231 e. The van der Waals surface area contributed by atoms with E-state index < -0.39 is 5.82 Å². The highest BCUT2D eigenvalue weighted by Gasteiger charge is 2.28. The molecule has 0 saturated carbocycles. The fourth-order valence-corrected chi connectivity index (χ4v) is 3.64. The fourth-order valence-electron chi connectivity index (χ4n) is 3.41. The molecule has 1 saturated heterocycles. The summed E-state index contributed by atoms with van der Waals surface area (Å²) in [5, 5.41) is 11.7. The Hall–Kier alpha value is -2.67. The molecule has 0 bridgehead atoms. The Balaban J connectivity index is 1.42. The number of hydrogen-bond acceptors (Lipinski definition) is 4. The molecule has 3 aromatic rings. The molecule has 1 aromatic carbocycles. The van der Waals surface area contributed by atoms with Crippen LogP contribution < -0.4 is 10.2 Å². The minimum atomic E-state index is -0.390. The van der Waals surface area contributed by atoms with Gasteiger partial charge in [0.05, 0.1) is 5.92 Å². The Labute approximate surface area is 161 Å². The number of pyridine rings is 1. The first-order valence-corrected chi connectivity index (χ1v) is 9.26. The molecule has 8 heteroatoms. The molecule has 1 aliphatic heterocycles. The summed E-state index contributed by atoms with van der Waals surface area (Å²) >= 11 is 6.03. The largest absolute Gasteiger partial charge is 0.352 e. The van der Waals surface area contributed by atoms with Gasteiger partial charge in [-0.15, -0.1) is 10.2 Å². The topological polar surface area (TPSA) is 62.5 Å². The number of aromatic nitrogens is 3. The maximum atomic E-state index is 13.1. The van der Waals surface area contributed by atoms with Crippen molar-refractivity contribution in [2.45, 2.75) is 19.4 Å². The second-order valence-corrected chi connectivity index (χ2v) is 7.07. The van der Waals surface area contributed by atoms with Gasteiger partial charge in [0.1, 0.15) is 5.82 Å². The number of amides is 1. The van der Waals surface area contributed by atoms with Crippen LogP contribution in [0, 0.1) is 11.7 Å². The highest BCUT2D eigenvalue weighted by Crippen LogP contribution is 2.23. The van der Waals surface area contributed by atoms with Gasteiger partial charge in [0, 0.05) is 30.9 Å². The van der Waals surface area contributed by atoms with Crippen LogP contribution in [-0.2, 0) is 11.3 Å². The van der Waals surface area contributed by atoms with E-state index in [4.69, 9.17) is 11.6 Å². The number of halogens is 2. The lowest BCUT2D eigenvalue weighted by atomic mass is 9.97. The molecule has 3 heterocycles. The van der Waals surface area contributed by atoms with Gasteiger partial charge in [0.15, 0.2) is 5.65 Å².